The standard InChI is InChI=1S/C26H27N7O/c1-16-6-11-29-19(12-16)13-20(34)17-2-4-18(5-3-17)22-21-23(27)30-15-31-24(21)33(32-22)26-9-7-25(28,14-26)8-10-26/h2-6,11-12,15H,7-10,13-14,28H2,1H3,(H2,27,30,31). The molecule has 0 saturated heterocycles. The average Bonchev–Trinajstić information content (AvgIpc) is 3.49. The van der Waals surface area contributed by atoms with Crippen molar-refractivity contribution >= 4 is 22.6 Å². The third kappa shape index (κ3) is 3.28. The van der Waals surface area contributed by atoms with Crippen molar-refractivity contribution in [3.63, 3.8) is 0 Å². The van der Waals surface area contributed by atoms with Crippen LogP contribution in [0.2, 0.25) is 0 Å². The van der Waals surface area contributed by atoms with E-state index in [-0.39, 0.29) is 23.3 Å². The van der Waals surface area contributed by atoms with Crippen LogP contribution in [0.4, 0.5) is 5.82 Å². The van der Waals surface area contributed by atoms with Crippen LogP contribution in [-0.4, -0.2) is 36.1 Å². The van der Waals surface area contributed by atoms with Gasteiger partial charge in [-0.25, -0.2) is 14.6 Å². The second-order valence-electron chi connectivity index (χ2n) is 9.98. The fraction of sp³-hybridized carbons (Fsp3) is 0.346. The SMILES string of the molecule is Cc1ccnc(CC(=O)c2ccc(-c3nn(C45CCC(N)(CC4)C5)c4ncnc(N)c34)cc2)c1. The Labute approximate surface area is 197 Å². The van der Waals surface area contributed by atoms with Crippen LogP contribution in [0.1, 0.15) is 53.7 Å². The maximum absolute atomic E-state index is 12.8. The van der Waals surface area contributed by atoms with Gasteiger partial charge in [0.1, 0.15) is 17.8 Å². The van der Waals surface area contributed by atoms with Gasteiger partial charge < -0.3 is 11.5 Å². The zero-order valence-corrected chi connectivity index (χ0v) is 19.2. The average molecular weight is 454 g/mol. The number of carbonyl (C=O) groups is 1. The molecule has 8 heteroatoms. The van der Waals surface area contributed by atoms with Gasteiger partial charge in [0.15, 0.2) is 11.4 Å². The van der Waals surface area contributed by atoms with Crippen LogP contribution in [0, 0.1) is 6.92 Å². The number of Topliss-reactive ketones (excluding diaryl/α,β-unsaturated/α-hetero) is 1. The van der Waals surface area contributed by atoms with Crippen molar-refractivity contribution in [1.82, 2.24) is 24.7 Å². The minimum Gasteiger partial charge on any atom is -0.383 e. The molecule has 0 aliphatic heterocycles. The highest BCUT2D eigenvalue weighted by atomic mass is 16.1. The van der Waals surface area contributed by atoms with Gasteiger partial charge in [-0.05, 0) is 56.7 Å². The van der Waals surface area contributed by atoms with Gasteiger partial charge in [0.2, 0.25) is 0 Å². The second kappa shape index (κ2) is 7.43. The highest BCUT2D eigenvalue weighted by Gasteiger charge is 2.54. The van der Waals surface area contributed by atoms with Crippen LogP contribution in [0.15, 0.2) is 48.9 Å². The van der Waals surface area contributed by atoms with E-state index in [0.29, 0.717) is 11.4 Å². The molecule has 1 aromatic carbocycles. The quantitative estimate of drug-likeness (QED) is 0.442. The number of carbonyl (C=O) groups excluding carboxylic acids is 1. The molecule has 0 amide bonds. The Morgan fingerprint density at radius 3 is 2.50 bits per heavy atom. The first-order valence-corrected chi connectivity index (χ1v) is 11.7. The Morgan fingerprint density at radius 1 is 1.06 bits per heavy atom. The molecule has 2 aliphatic rings. The van der Waals surface area contributed by atoms with Gasteiger partial charge in [0.25, 0.3) is 0 Å². The number of nitrogens with zero attached hydrogens (tertiary/aromatic N) is 5. The summed E-state index contributed by atoms with van der Waals surface area (Å²) in [4.78, 5) is 25.9. The summed E-state index contributed by atoms with van der Waals surface area (Å²) in [6, 6.07) is 11.4. The van der Waals surface area contributed by atoms with Gasteiger partial charge in [0, 0.05) is 28.6 Å². The van der Waals surface area contributed by atoms with E-state index in [4.69, 9.17) is 16.6 Å². The van der Waals surface area contributed by atoms with Crippen LogP contribution < -0.4 is 11.5 Å². The topological polar surface area (TPSA) is 126 Å². The number of hydrogen-bond acceptors (Lipinski definition) is 7. The number of ketones is 1. The first-order valence-electron chi connectivity index (χ1n) is 11.7. The van der Waals surface area contributed by atoms with E-state index < -0.39 is 0 Å². The number of aryl methyl sites for hydroxylation is 1. The molecular weight excluding hydrogens is 426 g/mol. The van der Waals surface area contributed by atoms with Crippen LogP contribution in [0.25, 0.3) is 22.3 Å². The van der Waals surface area contributed by atoms with Gasteiger partial charge in [0.05, 0.1) is 17.3 Å². The Hall–Kier alpha value is -3.65. The molecule has 172 valence electrons. The number of benzene rings is 1. The summed E-state index contributed by atoms with van der Waals surface area (Å²) in [5, 5.41) is 5.79. The number of nitrogens with two attached hydrogens (primary N) is 2. The van der Waals surface area contributed by atoms with Gasteiger partial charge in [-0.3, -0.25) is 9.78 Å². The van der Waals surface area contributed by atoms with E-state index in [2.05, 4.69) is 19.6 Å². The highest BCUT2D eigenvalue weighted by molar-refractivity contribution is 6.00. The molecule has 2 aliphatic carbocycles. The van der Waals surface area contributed by atoms with Crippen LogP contribution in [-0.2, 0) is 12.0 Å². The van der Waals surface area contributed by atoms with Gasteiger partial charge in [-0.1, -0.05) is 24.3 Å². The van der Waals surface area contributed by atoms with Crippen molar-refractivity contribution in [3.05, 3.63) is 65.7 Å². The molecule has 2 fully saturated rings. The summed E-state index contributed by atoms with van der Waals surface area (Å²) in [5.41, 5.74) is 17.5. The maximum atomic E-state index is 12.8. The van der Waals surface area contributed by atoms with E-state index >= 15 is 0 Å². The summed E-state index contributed by atoms with van der Waals surface area (Å²) in [6.45, 7) is 1.99. The molecule has 0 spiro atoms. The van der Waals surface area contributed by atoms with Crippen molar-refractivity contribution in [2.45, 2.75) is 56.5 Å². The van der Waals surface area contributed by atoms with Crippen molar-refractivity contribution in [1.29, 1.82) is 0 Å². The fourth-order valence-corrected chi connectivity index (χ4v) is 5.79. The molecule has 2 saturated carbocycles. The van der Waals surface area contributed by atoms with Crippen LogP contribution >= 0.6 is 0 Å². The molecular formula is C26H27N7O. The lowest BCUT2D eigenvalue weighted by atomic mass is 9.92. The molecule has 0 radical (unpaired) electrons. The normalized spacial score (nSPS) is 23.6. The van der Waals surface area contributed by atoms with E-state index in [1.165, 1.54) is 6.33 Å². The van der Waals surface area contributed by atoms with Gasteiger partial charge in [-0.2, -0.15) is 5.10 Å². The lowest BCUT2D eigenvalue weighted by Gasteiger charge is -2.27. The molecule has 3 heterocycles. The molecule has 3 aromatic heterocycles. The predicted octanol–water partition coefficient (Wildman–Crippen LogP) is 3.57. The molecule has 6 rings (SSSR count). The molecule has 4 N–H and O–H groups in total. The number of rotatable bonds is 5. The number of pyridine rings is 1. The largest absolute Gasteiger partial charge is 0.383 e. The zero-order valence-electron chi connectivity index (χ0n) is 19.2. The molecule has 34 heavy (non-hydrogen) atoms. The summed E-state index contributed by atoms with van der Waals surface area (Å²) in [6.07, 6.45) is 8.37. The lowest BCUT2D eigenvalue weighted by molar-refractivity contribution is 0.0992. The molecule has 0 unspecified atom stereocenters. The predicted molar refractivity (Wildman–Crippen MR) is 130 cm³/mol. The van der Waals surface area contributed by atoms with E-state index in [1.54, 1.807) is 6.20 Å². The first kappa shape index (κ1) is 20.9. The second-order valence-corrected chi connectivity index (χ2v) is 9.98. The zero-order chi connectivity index (χ0) is 23.5. The van der Waals surface area contributed by atoms with Gasteiger partial charge >= 0.3 is 0 Å². The number of nitrogen functional groups attached to an aromatic ring is 1. The van der Waals surface area contributed by atoms with Crippen molar-refractivity contribution in [3.8, 4) is 11.3 Å². The number of fused-ring (bicyclic) bond motifs is 3. The van der Waals surface area contributed by atoms with Crippen molar-refractivity contribution in [2.24, 2.45) is 5.73 Å². The lowest BCUT2D eigenvalue weighted by Crippen LogP contribution is -2.33. The summed E-state index contributed by atoms with van der Waals surface area (Å²) in [5.74, 6) is 0.432. The Morgan fingerprint density at radius 2 is 1.82 bits per heavy atom. The Kier molecular flexibility index (Phi) is 4.57. The molecule has 8 nitrogen and oxygen atoms in total. The number of anilines is 1. The monoisotopic (exact) mass is 453 g/mol. The molecule has 2 bridgehead atoms. The fourth-order valence-electron chi connectivity index (χ4n) is 5.79. The summed E-state index contributed by atoms with van der Waals surface area (Å²) >= 11 is 0. The third-order valence-electron chi connectivity index (χ3n) is 7.59. The minimum absolute atomic E-state index is 0.0259. The molecule has 0 atom stereocenters. The van der Waals surface area contributed by atoms with E-state index in [0.717, 1.165) is 65.7 Å². The third-order valence-corrected chi connectivity index (χ3v) is 7.59. The first-order chi connectivity index (χ1) is 16.4. The summed E-state index contributed by atoms with van der Waals surface area (Å²) < 4.78 is 2.06. The van der Waals surface area contributed by atoms with E-state index in [1.807, 2.05) is 43.3 Å². The Bertz CT molecular complexity index is 1420. The van der Waals surface area contributed by atoms with E-state index in [9.17, 15) is 4.79 Å². The summed E-state index contributed by atoms with van der Waals surface area (Å²) in [7, 11) is 0. The number of aromatic nitrogens is 5. The number of hydrogen-bond donors (Lipinski definition) is 2. The smallest absolute Gasteiger partial charge is 0.168 e. The Balaban J connectivity index is 1.36. The van der Waals surface area contributed by atoms with Crippen LogP contribution in [0.5, 0.6) is 0 Å². The van der Waals surface area contributed by atoms with Crippen molar-refractivity contribution in [2.75, 3.05) is 5.73 Å². The highest BCUT2D eigenvalue weighted by Crippen LogP contribution is 2.54. The van der Waals surface area contributed by atoms with Crippen LogP contribution in [0.3, 0.4) is 0 Å². The van der Waals surface area contributed by atoms with Gasteiger partial charge in [-0.15, -0.1) is 0 Å². The minimum atomic E-state index is -0.122. The van der Waals surface area contributed by atoms with Crippen molar-refractivity contribution < 1.29 is 4.79 Å². The maximum Gasteiger partial charge on any atom is 0.168 e. The molecule has 4 aromatic rings.